The van der Waals surface area contributed by atoms with E-state index in [0.717, 1.165) is 70.4 Å². The first-order valence-electron chi connectivity index (χ1n) is 11.1. The molecule has 2 aliphatic rings. The van der Waals surface area contributed by atoms with Gasteiger partial charge in [0.1, 0.15) is 5.52 Å². The van der Waals surface area contributed by atoms with Crippen LogP contribution in [0.5, 0.6) is 0 Å². The molecule has 0 unspecified atom stereocenters. The lowest BCUT2D eigenvalue weighted by Crippen LogP contribution is -2.53. The Morgan fingerprint density at radius 3 is 2.69 bits per heavy atom. The molecule has 1 aromatic carbocycles. The number of rotatable bonds is 2. The number of aromatic nitrogens is 3. The van der Waals surface area contributed by atoms with E-state index in [-0.39, 0.29) is 12.1 Å². The molecule has 32 heavy (non-hydrogen) atoms. The molecule has 0 bridgehead atoms. The van der Waals surface area contributed by atoms with Crippen molar-refractivity contribution in [2.45, 2.75) is 25.4 Å². The lowest BCUT2D eigenvalue weighted by atomic mass is 10.0. The second kappa shape index (κ2) is 7.53. The number of fused-ring (bicyclic) bond motifs is 4. The number of hydrogen-bond donors (Lipinski definition) is 1. The van der Waals surface area contributed by atoms with Crippen molar-refractivity contribution in [3.8, 4) is 11.3 Å². The first-order valence-corrected chi connectivity index (χ1v) is 11.1. The summed E-state index contributed by atoms with van der Waals surface area (Å²) in [5.74, 6) is 0. The van der Waals surface area contributed by atoms with Crippen LogP contribution < -0.4 is 10.2 Å². The summed E-state index contributed by atoms with van der Waals surface area (Å²) in [5.41, 5.74) is 6.30. The second-order valence-electron chi connectivity index (χ2n) is 8.60. The van der Waals surface area contributed by atoms with E-state index in [2.05, 4.69) is 27.4 Å². The van der Waals surface area contributed by atoms with Gasteiger partial charge in [-0.3, -0.25) is 14.9 Å². The Hall–Kier alpha value is -3.58. The fraction of sp³-hybridized carbons (Fsp3) is 0.280. The highest BCUT2D eigenvalue weighted by Gasteiger charge is 2.36. The fourth-order valence-electron chi connectivity index (χ4n) is 4.85. The minimum absolute atomic E-state index is 0.0384. The molecule has 3 aromatic heterocycles. The van der Waals surface area contributed by atoms with Gasteiger partial charge in [-0.1, -0.05) is 18.2 Å². The van der Waals surface area contributed by atoms with Crippen LogP contribution in [-0.4, -0.2) is 52.1 Å². The van der Waals surface area contributed by atoms with Crippen molar-refractivity contribution in [2.24, 2.45) is 0 Å². The topological polar surface area (TPSA) is 74.2 Å². The summed E-state index contributed by atoms with van der Waals surface area (Å²) in [7, 11) is 1.86. The van der Waals surface area contributed by atoms with Gasteiger partial charge in [0.15, 0.2) is 0 Å². The molecule has 0 saturated carbocycles. The van der Waals surface area contributed by atoms with Gasteiger partial charge in [0, 0.05) is 42.0 Å². The summed E-state index contributed by atoms with van der Waals surface area (Å²) in [4.78, 5) is 31.4. The molecule has 0 spiro atoms. The van der Waals surface area contributed by atoms with Crippen LogP contribution in [0, 0.1) is 0 Å². The van der Waals surface area contributed by atoms with E-state index in [1.165, 1.54) is 0 Å². The smallest absolute Gasteiger partial charge is 0.323 e. The predicted molar refractivity (Wildman–Crippen MR) is 126 cm³/mol. The van der Waals surface area contributed by atoms with Gasteiger partial charge in [-0.15, -0.1) is 0 Å². The Morgan fingerprint density at radius 1 is 1.00 bits per heavy atom. The van der Waals surface area contributed by atoms with Crippen LogP contribution in [0.2, 0.25) is 0 Å². The lowest BCUT2D eigenvalue weighted by Gasteiger charge is -2.41. The molecule has 1 fully saturated rings. The first kappa shape index (κ1) is 19.1. The van der Waals surface area contributed by atoms with E-state index >= 15 is 0 Å². The van der Waals surface area contributed by atoms with Crippen LogP contribution in [0.3, 0.4) is 0 Å². The van der Waals surface area contributed by atoms with Crippen LogP contribution in [0.25, 0.3) is 33.2 Å². The van der Waals surface area contributed by atoms with E-state index in [4.69, 9.17) is 4.98 Å². The molecule has 7 nitrogen and oxygen atoms in total. The third-order valence-corrected chi connectivity index (χ3v) is 6.50. The minimum Gasteiger partial charge on any atom is -0.323 e. The molecule has 2 aliphatic heterocycles. The van der Waals surface area contributed by atoms with E-state index in [1.54, 1.807) is 4.90 Å². The normalized spacial score (nSPS) is 17.2. The minimum atomic E-state index is 0.0384. The molecule has 0 radical (unpaired) electrons. The average molecular weight is 425 g/mol. The summed E-state index contributed by atoms with van der Waals surface area (Å²) in [6.45, 7) is 2.37. The van der Waals surface area contributed by atoms with Crippen molar-refractivity contribution in [3.63, 3.8) is 0 Å². The summed E-state index contributed by atoms with van der Waals surface area (Å²) < 4.78 is 0. The summed E-state index contributed by atoms with van der Waals surface area (Å²) >= 11 is 0. The molecule has 7 heteroatoms. The SMILES string of the molecule is CN1Cc2cnc3ccc(-c4cnc5ccccc5c4)nc3c2N(C2CCNCC2)C1=O. The molecule has 0 atom stereocenters. The number of nitrogens with zero attached hydrogens (tertiary/aromatic N) is 5. The van der Waals surface area contributed by atoms with Crippen molar-refractivity contribution >= 4 is 33.7 Å². The fourth-order valence-corrected chi connectivity index (χ4v) is 4.85. The van der Waals surface area contributed by atoms with Gasteiger partial charge in [-0.25, -0.2) is 9.78 Å². The van der Waals surface area contributed by atoms with Crippen molar-refractivity contribution in [1.29, 1.82) is 0 Å². The number of para-hydroxylation sites is 1. The highest BCUT2D eigenvalue weighted by molar-refractivity contribution is 6.04. The molecular formula is C25H24N6O. The summed E-state index contributed by atoms with van der Waals surface area (Å²) in [6.07, 6.45) is 5.62. The Kier molecular flexibility index (Phi) is 4.50. The zero-order chi connectivity index (χ0) is 21.7. The van der Waals surface area contributed by atoms with Crippen molar-refractivity contribution in [3.05, 3.63) is 60.4 Å². The van der Waals surface area contributed by atoms with Gasteiger partial charge in [0.25, 0.3) is 0 Å². The van der Waals surface area contributed by atoms with Crippen LogP contribution in [0.15, 0.2) is 54.9 Å². The number of nitrogens with one attached hydrogen (secondary N) is 1. The number of benzene rings is 1. The third kappa shape index (κ3) is 3.08. The van der Waals surface area contributed by atoms with Gasteiger partial charge < -0.3 is 10.2 Å². The standard InChI is InChI=1S/C25H24N6O/c1-30-15-18-14-28-22-7-6-21(17-12-16-4-2-3-5-20(16)27-13-17)29-23(22)24(18)31(25(30)32)19-8-10-26-11-9-19/h2-7,12-14,19,26H,8-11,15H2,1H3. The zero-order valence-corrected chi connectivity index (χ0v) is 18.0. The Morgan fingerprint density at radius 2 is 1.81 bits per heavy atom. The van der Waals surface area contributed by atoms with Crippen LogP contribution in [-0.2, 0) is 6.54 Å². The maximum atomic E-state index is 13.3. The summed E-state index contributed by atoms with van der Waals surface area (Å²) in [5, 5.41) is 4.48. The van der Waals surface area contributed by atoms with Gasteiger partial charge in [-0.2, -0.15) is 0 Å². The maximum Gasteiger partial charge on any atom is 0.324 e. The molecule has 160 valence electrons. The van der Waals surface area contributed by atoms with Gasteiger partial charge in [0.2, 0.25) is 0 Å². The van der Waals surface area contributed by atoms with Gasteiger partial charge >= 0.3 is 6.03 Å². The Balaban J connectivity index is 1.53. The van der Waals surface area contributed by atoms with Gasteiger partial charge in [-0.05, 0) is 50.2 Å². The zero-order valence-electron chi connectivity index (χ0n) is 18.0. The number of pyridine rings is 3. The van der Waals surface area contributed by atoms with E-state index in [1.807, 2.05) is 54.7 Å². The van der Waals surface area contributed by atoms with Gasteiger partial charge in [0.05, 0.1) is 29.0 Å². The predicted octanol–water partition coefficient (Wildman–Crippen LogP) is 3.97. The Labute approximate surface area is 186 Å². The molecule has 6 rings (SSSR count). The number of urea groups is 1. The van der Waals surface area contributed by atoms with E-state index in [9.17, 15) is 4.79 Å². The van der Waals surface area contributed by atoms with Crippen LogP contribution in [0.4, 0.5) is 10.5 Å². The second-order valence-corrected chi connectivity index (χ2v) is 8.60. The van der Waals surface area contributed by atoms with Crippen LogP contribution in [0.1, 0.15) is 18.4 Å². The molecule has 2 amide bonds. The van der Waals surface area contributed by atoms with Crippen molar-refractivity contribution in [2.75, 3.05) is 25.0 Å². The molecule has 4 aromatic rings. The summed E-state index contributed by atoms with van der Waals surface area (Å²) in [6, 6.07) is 14.4. The lowest BCUT2D eigenvalue weighted by molar-refractivity contribution is 0.205. The number of carbonyl (C=O) groups is 1. The number of hydrogen-bond acceptors (Lipinski definition) is 5. The number of piperidine rings is 1. The number of carbonyl (C=O) groups excluding carboxylic acids is 1. The van der Waals surface area contributed by atoms with E-state index in [0.29, 0.717) is 6.54 Å². The maximum absolute atomic E-state index is 13.3. The highest BCUT2D eigenvalue weighted by atomic mass is 16.2. The first-order chi connectivity index (χ1) is 15.7. The highest BCUT2D eigenvalue weighted by Crippen LogP contribution is 2.37. The average Bonchev–Trinajstić information content (AvgIpc) is 2.84. The third-order valence-electron chi connectivity index (χ3n) is 6.50. The molecule has 1 saturated heterocycles. The Bertz CT molecular complexity index is 1350. The van der Waals surface area contributed by atoms with Crippen LogP contribution >= 0.6 is 0 Å². The number of anilines is 1. The number of amides is 2. The molecule has 0 aliphatic carbocycles. The quantitative estimate of drug-likeness (QED) is 0.527. The molecular weight excluding hydrogens is 400 g/mol. The molecule has 5 heterocycles. The largest absolute Gasteiger partial charge is 0.324 e. The monoisotopic (exact) mass is 424 g/mol. The van der Waals surface area contributed by atoms with Crippen molar-refractivity contribution in [1.82, 2.24) is 25.2 Å². The van der Waals surface area contributed by atoms with E-state index < -0.39 is 0 Å². The molecule has 1 N–H and O–H groups in total. The van der Waals surface area contributed by atoms with Crippen molar-refractivity contribution < 1.29 is 4.79 Å².